The zero-order valence-electron chi connectivity index (χ0n) is 25.5. The van der Waals surface area contributed by atoms with Gasteiger partial charge in [-0.25, -0.2) is 14.6 Å². The lowest BCUT2D eigenvalue weighted by atomic mass is 9.95. The number of hydrogen-bond donors (Lipinski definition) is 0. The zero-order chi connectivity index (χ0) is 31.1. The van der Waals surface area contributed by atoms with Crippen molar-refractivity contribution in [1.29, 1.82) is 0 Å². The van der Waals surface area contributed by atoms with E-state index in [2.05, 4.69) is 11.9 Å². The SMILES string of the molecule is CCCCCOc1ccc(C=c2sc3n(c2=O)C(c2ccc(C(=O)OC)cc2)C(C(=O)OCC(C)C)=C(C)N=3)cc1OC. The molecule has 1 aromatic heterocycles. The number of nitrogens with zero attached hydrogens (tertiary/aromatic N) is 2. The Labute approximate surface area is 255 Å². The topological polar surface area (TPSA) is 105 Å². The number of unbranched alkanes of at least 4 members (excludes halogenated alkanes) is 2. The minimum Gasteiger partial charge on any atom is -0.493 e. The van der Waals surface area contributed by atoms with Crippen LogP contribution in [0.1, 0.15) is 74.5 Å². The van der Waals surface area contributed by atoms with Crippen LogP contribution in [0.4, 0.5) is 0 Å². The molecule has 3 aromatic rings. The first-order valence-corrected chi connectivity index (χ1v) is 15.2. The van der Waals surface area contributed by atoms with Crippen molar-refractivity contribution in [3.8, 4) is 11.5 Å². The Morgan fingerprint density at radius 2 is 1.79 bits per heavy atom. The highest BCUT2D eigenvalue weighted by Crippen LogP contribution is 2.32. The molecule has 9 nitrogen and oxygen atoms in total. The first kappa shape index (κ1) is 31.7. The van der Waals surface area contributed by atoms with Crippen molar-refractivity contribution in [2.24, 2.45) is 10.9 Å². The van der Waals surface area contributed by atoms with Gasteiger partial charge in [-0.15, -0.1) is 0 Å². The number of hydrogen-bond acceptors (Lipinski definition) is 9. The van der Waals surface area contributed by atoms with Gasteiger partial charge < -0.3 is 18.9 Å². The Bertz CT molecular complexity index is 1680. The number of thiazole rings is 1. The number of benzene rings is 2. The smallest absolute Gasteiger partial charge is 0.338 e. The summed E-state index contributed by atoms with van der Waals surface area (Å²) in [5.74, 6) is 0.339. The second kappa shape index (κ2) is 14.3. The third-order valence-corrected chi connectivity index (χ3v) is 7.91. The van der Waals surface area contributed by atoms with Gasteiger partial charge in [0.25, 0.3) is 5.56 Å². The van der Waals surface area contributed by atoms with E-state index in [9.17, 15) is 14.4 Å². The van der Waals surface area contributed by atoms with E-state index in [1.54, 1.807) is 44.4 Å². The minimum absolute atomic E-state index is 0.133. The molecule has 0 saturated heterocycles. The molecule has 1 aliphatic rings. The second-order valence-corrected chi connectivity index (χ2v) is 11.7. The predicted octanol–water partition coefficient (Wildman–Crippen LogP) is 4.80. The number of rotatable bonds is 12. The number of allylic oxidation sites excluding steroid dienone is 1. The average molecular weight is 607 g/mol. The summed E-state index contributed by atoms with van der Waals surface area (Å²) in [6.07, 6.45) is 4.94. The maximum atomic E-state index is 14.0. The lowest BCUT2D eigenvalue weighted by molar-refractivity contribution is -0.140. The minimum atomic E-state index is -0.793. The molecule has 2 heterocycles. The highest BCUT2D eigenvalue weighted by Gasteiger charge is 2.33. The van der Waals surface area contributed by atoms with Crippen LogP contribution in [0, 0.1) is 5.92 Å². The van der Waals surface area contributed by atoms with E-state index in [-0.39, 0.29) is 23.7 Å². The average Bonchev–Trinajstić information content (AvgIpc) is 3.31. The van der Waals surface area contributed by atoms with Crippen molar-refractivity contribution in [1.82, 2.24) is 4.57 Å². The van der Waals surface area contributed by atoms with Crippen LogP contribution < -0.4 is 24.4 Å². The van der Waals surface area contributed by atoms with E-state index >= 15 is 0 Å². The molecule has 10 heteroatoms. The molecule has 0 fully saturated rings. The molecule has 228 valence electrons. The lowest BCUT2D eigenvalue weighted by Crippen LogP contribution is -2.40. The quantitative estimate of drug-likeness (QED) is 0.216. The molecule has 43 heavy (non-hydrogen) atoms. The van der Waals surface area contributed by atoms with Crippen LogP contribution in [-0.2, 0) is 14.3 Å². The van der Waals surface area contributed by atoms with Gasteiger partial charge in [-0.05, 0) is 60.7 Å². The predicted molar refractivity (Wildman–Crippen MR) is 165 cm³/mol. The van der Waals surface area contributed by atoms with Gasteiger partial charge in [0, 0.05) is 0 Å². The molecule has 1 aliphatic heterocycles. The Balaban J connectivity index is 1.79. The molecule has 2 aromatic carbocycles. The summed E-state index contributed by atoms with van der Waals surface area (Å²) < 4.78 is 23.9. The van der Waals surface area contributed by atoms with Gasteiger partial charge in [-0.1, -0.05) is 63.1 Å². The van der Waals surface area contributed by atoms with E-state index in [0.717, 1.165) is 24.8 Å². The van der Waals surface area contributed by atoms with Gasteiger partial charge in [0.15, 0.2) is 16.3 Å². The molecule has 0 bridgehead atoms. The van der Waals surface area contributed by atoms with Gasteiger partial charge in [0.1, 0.15) is 0 Å². The van der Waals surface area contributed by atoms with Crippen molar-refractivity contribution in [3.05, 3.63) is 90.1 Å². The Kier molecular flexibility index (Phi) is 10.6. The van der Waals surface area contributed by atoms with Crippen molar-refractivity contribution in [2.45, 2.75) is 53.0 Å². The van der Waals surface area contributed by atoms with Crippen LogP contribution in [0.15, 0.2) is 63.5 Å². The molecule has 0 spiro atoms. The summed E-state index contributed by atoms with van der Waals surface area (Å²) in [5.41, 5.74) is 2.19. The lowest BCUT2D eigenvalue weighted by Gasteiger charge is -2.25. The van der Waals surface area contributed by atoms with Crippen molar-refractivity contribution < 1.29 is 28.5 Å². The van der Waals surface area contributed by atoms with Crippen LogP contribution in [0.2, 0.25) is 0 Å². The number of carbonyl (C=O) groups is 2. The van der Waals surface area contributed by atoms with Crippen molar-refractivity contribution in [3.63, 3.8) is 0 Å². The van der Waals surface area contributed by atoms with Gasteiger partial charge in [0.05, 0.1) is 54.8 Å². The molecule has 4 rings (SSSR count). The molecule has 0 N–H and O–H groups in total. The molecular formula is C33H38N2O7S. The van der Waals surface area contributed by atoms with Crippen LogP contribution >= 0.6 is 11.3 Å². The number of esters is 2. The summed E-state index contributed by atoms with van der Waals surface area (Å²) in [5, 5.41) is 0. The first-order valence-electron chi connectivity index (χ1n) is 14.4. The van der Waals surface area contributed by atoms with E-state index in [1.165, 1.54) is 23.0 Å². The van der Waals surface area contributed by atoms with E-state index < -0.39 is 18.0 Å². The van der Waals surface area contributed by atoms with Crippen LogP contribution in [-0.4, -0.2) is 43.9 Å². The van der Waals surface area contributed by atoms with E-state index in [0.29, 0.717) is 44.3 Å². The fraction of sp³-hybridized carbons (Fsp3) is 0.394. The monoisotopic (exact) mass is 606 g/mol. The second-order valence-electron chi connectivity index (χ2n) is 10.7. The number of methoxy groups -OCH3 is 2. The molecule has 0 aliphatic carbocycles. The number of fused-ring (bicyclic) bond motifs is 1. The maximum Gasteiger partial charge on any atom is 0.338 e. The van der Waals surface area contributed by atoms with Gasteiger partial charge in [-0.2, -0.15) is 0 Å². The Morgan fingerprint density at radius 3 is 2.44 bits per heavy atom. The molecule has 0 saturated carbocycles. The highest BCUT2D eigenvalue weighted by molar-refractivity contribution is 7.07. The van der Waals surface area contributed by atoms with Crippen molar-refractivity contribution in [2.75, 3.05) is 27.4 Å². The summed E-state index contributed by atoms with van der Waals surface area (Å²) >= 11 is 1.24. The third kappa shape index (κ3) is 7.25. The van der Waals surface area contributed by atoms with E-state index in [1.807, 2.05) is 32.0 Å². The number of carbonyl (C=O) groups excluding carboxylic acids is 2. The maximum absolute atomic E-state index is 14.0. The summed E-state index contributed by atoms with van der Waals surface area (Å²) in [4.78, 5) is 44.5. The Hall–Kier alpha value is -4.18. The van der Waals surface area contributed by atoms with Crippen LogP contribution in [0.5, 0.6) is 11.5 Å². The van der Waals surface area contributed by atoms with Crippen LogP contribution in [0.3, 0.4) is 0 Å². The van der Waals surface area contributed by atoms with Crippen molar-refractivity contribution >= 4 is 29.4 Å². The normalized spacial score (nSPS) is 14.8. The highest BCUT2D eigenvalue weighted by atomic mass is 32.1. The summed E-state index contributed by atoms with van der Waals surface area (Å²) in [6, 6.07) is 11.4. The van der Waals surface area contributed by atoms with Gasteiger partial charge in [0.2, 0.25) is 0 Å². The molecule has 1 unspecified atom stereocenters. The van der Waals surface area contributed by atoms with Gasteiger partial charge in [-0.3, -0.25) is 9.36 Å². The summed E-state index contributed by atoms with van der Waals surface area (Å²) in [6.45, 7) is 8.61. The molecule has 0 amide bonds. The fourth-order valence-electron chi connectivity index (χ4n) is 4.72. The largest absolute Gasteiger partial charge is 0.493 e. The molecule has 1 atom stereocenters. The van der Waals surface area contributed by atoms with E-state index in [4.69, 9.17) is 18.9 Å². The summed E-state index contributed by atoms with van der Waals surface area (Å²) in [7, 11) is 2.90. The number of aromatic nitrogens is 1. The first-order chi connectivity index (χ1) is 20.7. The van der Waals surface area contributed by atoms with Crippen LogP contribution in [0.25, 0.3) is 6.08 Å². The Morgan fingerprint density at radius 1 is 1.05 bits per heavy atom. The van der Waals surface area contributed by atoms with Gasteiger partial charge >= 0.3 is 11.9 Å². The zero-order valence-corrected chi connectivity index (χ0v) is 26.3. The molecular weight excluding hydrogens is 568 g/mol. The number of ether oxygens (including phenoxy) is 4. The third-order valence-electron chi connectivity index (χ3n) is 6.93. The standard InChI is InChI=1S/C33H38N2O7S/c1-7-8-9-16-41-25-15-10-22(17-26(25)39-5)18-27-30(36)35-29(23-11-13-24(14-12-23)31(37)40-6)28(21(4)34-33(35)43-27)32(38)42-19-20(2)3/h10-15,17-18,20,29H,7-9,16,19H2,1-6H3. The molecule has 0 radical (unpaired) electrons. The fourth-order valence-corrected chi connectivity index (χ4v) is 5.76.